The summed E-state index contributed by atoms with van der Waals surface area (Å²) in [5, 5.41) is 11.0. The highest BCUT2D eigenvalue weighted by molar-refractivity contribution is 5.93. The first-order valence-electron chi connectivity index (χ1n) is 11.1. The van der Waals surface area contributed by atoms with Gasteiger partial charge in [0, 0.05) is 13.0 Å². The molecule has 2 fully saturated rings. The molecule has 1 aliphatic carbocycles. The summed E-state index contributed by atoms with van der Waals surface area (Å²) < 4.78 is 1.56. The van der Waals surface area contributed by atoms with Crippen LogP contribution < -0.4 is 11.1 Å². The van der Waals surface area contributed by atoms with Gasteiger partial charge in [-0.05, 0) is 34.8 Å². The molecule has 2 aromatic rings. The molecule has 9 nitrogen and oxygen atoms in total. The first-order valence-corrected chi connectivity index (χ1v) is 11.1. The second-order valence-electron chi connectivity index (χ2n) is 10.9. The van der Waals surface area contributed by atoms with Gasteiger partial charge in [-0.25, -0.2) is 4.68 Å². The van der Waals surface area contributed by atoms with E-state index < -0.39 is 18.0 Å². The zero-order chi connectivity index (χ0) is 23.4. The lowest BCUT2D eigenvalue weighted by atomic mass is 9.90. The van der Waals surface area contributed by atoms with Crippen molar-refractivity contribution in [2.24, 2.45) is 28.4 Å². The van der Waals surface area contributed by atoms with Gasteiger partial charge in [-0.3, -0.25) is 14.4 Å². The summed E-state index contributed by atoms with van der Waals surface area (Å²) in [7, 11) is 0. The number of nitrogens with one attached hydrogen (secondary N) is 1. The van der Waals surface area contributed by atoms with Crippen molar-refractivity contribution in [3.8, 4) is 0 Å². The fourth-order valence-corrected chi connectivity index (χ4v) is 5.09. The van der Waals surface area contributed by atoms with E-state index in [4.69, 9.17) is 5.73 Å². The summed E-state index contributed by atoms with van der Waals surface area (Å²) in [4.78, 5) is 40.3. The summed E-state index contributed by atoms with van der Waals surface area (Å²) in [5.41, 5.74) is 6.88. The number of fused-ring (bicyclic) bond motifs is 2. The fourth-order valence-electron chi connectivity index (χ4n) is 5.09. The third-order valence-electron chi connectivity index (χ3n) is 6.91. The second-order valence-corrected chi connectivity index (χ2v) is 10.9. The Morgan fingerprint density at radius 2 is 1.94 bits per heavy atom. The maximum absolute atomic E-state index is 13.4. The maximum Gasteiger partial charge on any atom is 0.243 e. The van der Waals surface area contributed by atoms with Gasteiger partial charge in [-0.1, -0.05) is 52.0 Å². The molecule has 3 amide bonds. The van der Waals surface area contributed by atoms with E-state index in [0.29, 0.717) is 18.5 Å². The number of carbonyl (C=O) groups excluding carboxylic acids is 3. The highest BCUT2D eigenvalue weighted by atomic mass is 16.2. The van der Waals surface area contributed by atoms with Crippen LogP contribution in [0.4, 0.5) is 0 Å². The van der Waals surface area contributed by atoms with Gasteiger partial charge in [-0.15, -0.1) is 5.10 Å². The van der Waals surface area contributed by atoms with Crippen LogP contribution in [0.25, 0.3) is 11.0 Å². The van der Waals surface area contributed by atoms with Crippen LogP contribution in [0.1, 0.15) is 41.0 Å². The summed E-state index contributed by atoms with van der Waals surface area (Å²) in [6.07, 6.45) is 0.362. The third-order valence-corrected chi connectivity index (χ3v) is 6.91. The van der Waals surface area contributed by atoms with E-state index in [1.165, 1.54) is 0 Å². The normalized spacial score (nSPS) is 24.8. The third kappa shape index (κ3) is 3.96. The molecule has 1 saturated carbocycles. The number of nitrogens with two attached hydrogens (primary N) is 1. The number of amides is 3. The highest BCUT2D eigenvalue weighted by Gasteiger charge is 2.69. The topological polar surface area (TPSA) is 123 Å². The molecule has 1 aromatic carbocycles. The number of rotatable bonds is 6. The number of hydrogen-bond acceptors (Lipinski definition) is 5. The molecule has 9 heteroatoms. The molecular weight excluding hydrogens is 408 g/mol. The van der Waals surface area contributed by atoms with E-state index in [2.05, 4.69) is 29.5 Å². The van der Waals surface area contributed by atoms with E-state index >= 15 is 0 Å². The Morgan fingerprint density at radius 1 is 1.25 bits per heavy atom. The number of likely N-dealkylation sites (tertiary alicyclic amines) is 1. The SMILES string of the molecule is CC(C)(C)CC(=O)N1CC2C([C@H]1C(=O)N[C@@H](Cn1nnc3ccccc31)C(N)=O)C2(C)C. The number of benzene rings is 1. The number of aromatic nitrogens is 3. The molecule has 1 aromatic heterocycles. The Balaban J connectivity index is 1.53. The Kier molecular flexibility index (Phi) is 5.26. The van der Waals surface area contributed by atoms with Gasteiger partial charge < -0.3 is 16.0 Å². The first kappa shape index (κ1) is 22.2. The predicted molar refractivity (Wildman–Crippen MR) is 119 cm³/mol. The molecule has 0 radical (unpaired) electrons. The molecule has 32 heavy (non-hydrogen) atoms. The summed E-state index contributed by atoms with van der Waals surface area (Å²) in [6, 6.07) is 5.81. The first-order chi connectivity index (χ1) is 14.9. The van der Waals surface area contributed by atoms with Crippen molar-refractivity contribution in [3.63, 3.8) is 0 Å². The minimum Gasteiger partial charge on any atom is -0.368 e. The van der Waals surface area contributed by atoms with Crippen LogP contribution in [0.3, 0.4) is 0 Å². The molecule has 1 aliphatic heterocycles. The Morgan fingerprint density at radius 3 is 2.59 bits per heavy atom. The van der Waals surface area contributed by atoms with Crippen molar-refractivity contribution in [2.45, 2.75) is 59.7 Å². The standard InChI is InChI=1S/C23H32N6O3/c1-22(2,3)10-17(30)28-11-13-18(23(13,4)5)19(28)21(32)25-15(20(24)31)12-29-16-9-7-6-8-14(16)26-27-29/h6-9,13,15,18-19H,10-12H2,1-5H3,(H2,24,31)(H,25,32)/t13?,15-,18?,19-/m0/s1. The van der Waals surface area contributed by atoms with Crippen LogP contribution >= 0.6 is 0 Å². The van der Waals surface area contributed by atoms with E-state index in [0.717, 1.165) is 5.52 Å². The average molecular weight is 441 g/mol. The van der Waals surface area contributed by atoms with E-state index in [1.54, 1.807) is 9.58 Å². The average Bonchev–Trinajstić information content (AvgIpc) is 3.07. The summed E-state index contributed by atoms with van der Waals surface area (Å²) >= 11 is 0. The lowest BCUT2D eigenvalue weighted by molar-refractivity contribution is -0.142. The quantitative estimate of drug-likeness (QED) is 0.701. The Hall–Kier alpha value is -2.97. The molecule has 1 saturated heterocycles. The van der Waals surface area contributed by atoms with Crippen molar-refractivity contribution in [3.05, 3.63) is 24.3 Å². The smallest absolute Gasteiger partial charge is 0.243 e. The van der Waals surface area contributed by atoms with Gasteiger partial charge in [0.25, 0.3) is 0 Å². The van der Waals surface area contributed by atoms with Gasteiger partial charge in [0.1, 0.15) is 17.6 Å². The number of primary amides is 1. The van der Waals surface area contributed by atoms with E-state index in [9.17, 15) is 14.4 Å². The minimum atomic E-state index is -0.965. The summed E-state index contributed by atoms with van der Waals surface area (Å²) in [6.45, 7) is 10.9. The van der Waals surface area contributed by atoms with Crippen molar-refractivity contribution in [2.75, 3.05) is 6.54 Å². The number of piperidine rings is 1. The molecule has 2 heterocycles. The van der Waals surface area contributed by atoms with Gasteiger partial charge in [0.15, 0.2) is 0 Å². The zero-order valence-corrected chi connectivity index (χ0v) is 19.3. The van der Waals surface area contributed by atoms with Gasteiger partial charge >= 0.3 is 0 Å². The molecule has 0 bridgehead atoms. The number of hydrogen-bond donors (Lipinski definition) is 2. The molecule has 172 valence electrons. The van der Waals surface area contributed by atoms with E-state index in [-0.39, 0.29) is 41.0 Å². The molecule has 3 N–H and O–H groups in total. The van der Waals surface area contributed by atoms with Crippen molar-refractivity contribution < 1.29 is 14.4 Å². The monoisotopic (exact) mass is 440 g/mol. The van der Waals surface area contributed by atoms with Crippen LogP contribution in [0.5, 0.6) is 0 Å². The number of nitrogens with zero attached hydrogens (tertiary/aromatic N) is 4. The Bertz CT molecular complexity index is 1070. The van der Waals surface area contributed by atoms with Crippen LogP contribution in [-0.2, 0) is 20.9 Å². The second kappa shape index (κ2) is 7.56. The zero-order valence-electron chi connectivity index (χ0n) is 19.3. The van der Waals surface area contributed by atoms with Crippen LogP contribution in [-0.4, -0.2) is 56.2 Å². The molecule has 4 atom stereocenters. The maximum atomic E-state index is 13.4. The minimum absolute atomic E-state index is 0.00908. The van der Waals surface area contributed by atoms with Gasteiger partial charge in [0.2, 0.25) is 17.7 Å². The lowest BCUT2D eigenvalue weighted by Gasteiger charge is -2.32. The number of para-hydroxylation sites is 1. The van der Waals surface area contributed by atoms with Crippen LogP contribution in [0.2, 0.25) is 0 Å². The molecule has 2 unspecified atom stereocenters. The van der Waals surface area contributed by atoms with E-state index in [1.807, 2.05) is 45.0 Å². The van der Waals surface area contributed by atoms with Crippen LogP contribution in [0.15, 0.2) is 24.3 Å². The van der Waals surface area contributed by atoms with Gasteiger partial charge in [0.05, 0.1) is 12.1 Å². The molecule has 2 aliphatic rings. The summed E-state index contributed by atoms with van der Waals surface area (Å²) in [5.74, 6) is -0.659. The lowest BCUT2D eigenvalue weighted by Crippen LogP contribution is -2.55. The predicted octanol–water partition coefficient (Wildman–Crippen LogP) is 1.32. The van der Waals surface area contributed by atoms with Crippen molar-refractivity contribution in [1.82, 2.24) is 25.2 Å². The van der Waals surface area contributed by atoms with Crippen molar-refractivity contribution in [1.29, 1.82) is 0 Å². The molecule has 0 spiro atoms. The van der Waals surface area contributed by atoms with Crippen LogP contribution in [0, 0.1) is 22.7 Å². The van der Waals surface area contributed by atoms with Gasteiger partial charge in [-0.2, -0.15) is 0 Å². The molecule has 4 rings (SSSR count). The highest BCUT2D eigenvalue weighted by Crippen LogP contribution is 2.65. The molecular formula is C23H32N6O3. The Labute approximate surface area is 187 Å². The number of carbonyl (C=O) groups is 3. The fraction of sp³-hybridized carbons (Fsp3) is 0.609. The largest absolute Gasteiger partial charge is 0.368 e. The van der Waals surface area contributed by atoms with Crippen molar-refractivity contribution >= 4 is 28.8 Å².